The predicted molar refractivity (Wildman–Crippen MR) is 75.3 cm³/mol. The minimum Gasteiger partial charge on any atom is -0.103 e. The molecule has 2 aliphatic carbocycles. The maximum absolute atomic E-state index is 3.36. The molecule has 0 aromatic heterocycles. The van der Waals surface area contributed by atoms with Crippen molar-refractivity contribution in [2.24, 2.45) is 0 Å². The van der Waals surface area contributed by atoms with Gasteiger partial charge in [-0.05, 0) is 6.92 Å². The fourth-order valence-corrected chi connectivity index (χ4v) is 7.68. The Balaban J connectivity index is 0.000000386. The minimum absolute atomic E-state index is 0.401. The zero-order valence-corrected chi connectivity index (χ0v) is 13.2. The minimum atomic E-state index is 0.401. The normalized spacial score (nSPS) is 23.3. The Morgan fingerprint density at radius 3 is 1.44 bits per heavy atom. The molecule has 0 N–H and O–H groups in total. The van der Waals surface area contributed by atoms with Gasteiger partial charge in [0, 0.05) is 0 Å². The third-order valence-corrected chi connectivity index (χ3v) is 8.38. The molecular formula is C15H28Te. The van der Waals surface area contributed by atoms with E-state index in [-0.39, 0.29) is 0 Å². The molecule has 0 spiro atoms. The van der Waals surface area contributed by atoms with Gasteiger partial charge in [0.15, 0.2) is 0 Å². The predicted octanol–water partition coefficient (Wildman–Crippen LogP) is 5.39. The Bertz CT molecular complexity index is 148. The van der Waals surface area contributed by atoms with Crippen molar-refractivity contribution in [3.8, 4) is 0 Å². The van der Waals surface area contributed by atoms with Crippen LogP contribution >= 0.6 is 0 Å². The molecule has 0 aromatic rings. The standard InChI is InChI=1S/C12H22Te.C3H6/c1-3-7-11(8-4-1)13-12-9-5-2-6-10-12;1-3-2/h11-12H,1-10H2;3H,1H2,2H3. The molecule has 0 unspecified atom stereocenters. The Labute approximate surface area is 112 Å². The van der Waals surface area contributed by atoms with Gasteiger partial charge in [0.25, 0.3) is 0 Å². The second-order valence-electron chi connectivity index (χ2n) is 5.06. The van der Waals surface area contributed by atoms with Crippen molar-refractivity contribution in [1.82, 2.24) is 0 Å². The van der Waals surface area contributed by atoms with Crippen LogP contribution in [0.5, 0.6) is 0 Å². The molecule has 0 amide bonds. The van der Waals surface area contributed by atoms with Crippen LogP contribution in [0.25, 0.3) is 0 Å². The molecule has 94 valence electrons. The fourth-order valence-electron chi connectivity index (χ4n) is 2.67. The van der Waals surface area contributed by atoms with Crippen molar-refractivity contribution in [2.75, 3.05) is 0 Å². The van der Waals surface area contributed by atoms with Crippen LogP contribution < -0.4 is 0 Å². The average molecular weight is 336 g/mol. The number of hydrogen-bond donors (Lipinski definition) is 0. The SMILES string of the molecule is C1CCC([Te]C2CCCCC2)CC1.C=CC. The third kappa shape index (κ3) is 6.31. The van der Waals surface area contributed by atoms with Crippen LogP contribution in [0.15, 0.2) is 12.7 Å². The molecule has 2 saturated carbocycles. The van der Waals surface area contributed by atoms with Gasteiger partial charge in [0.1, 0.15) is 0 Å². The number of hydrogen-bond acceptors (Lipinski definition) is 0. The van der Waals surface area contributed by atoms with Crippen LogP contribution in [0.1, 0.15) is 71.1 Å². The van der Waals surface area contributed by atoms with E-state index < -0.39 is 0 Å². The molecule has 0 nitrogen and oxygen atoms in total. The summed E-state index contributed by atoms with van der Waals surface area (Å²) in [6.45, 7) is 5.25. The van der Waals surface area contributed by atoms with E-state index in [0.29, 0.717) is 20.9 Å². The van der Waals surface area contributed by atoms with Crippen LogP contribution in [0.2, 0.25) is 7.93 Å². The molecule has 0 aromatic carbocycles. The van der Waals surface area contributed by atoms with Crippen LogP contribution in [-0.4, -0.2) is 20.9 Å². The van der Waals surface area contributed by atoms with Gasteiger partial charge in [-0.3, -0.25) is 0 Å². The van der Waals surface area contributed by atoms with Crippen LogP contribution in [-0.2, 0) is 0 Å². The van der Waals surface area contributed by atoms with Gasteiger partial charge >= 0.3 is 93.1 Å². The topological polar surface area (TPSA) is 0 Å². The average Bonchev–Trinajstić information content (AvgIpc) is 2.33. The summed E-state index contributed by atoms with van der Waals surface area (Å²) < 4.78 is 2.50. The summed E-state index contributed by atoms with van der Waals surface area (Å²) in [5.41, 5.74) is 0. The molecule has 0 heterocycles. The van der Waals surface area contributed by atoms with Gasteiger partial charge in [-0.15, -0.1) is 6.58 Å². The second-order valence-corrected chi connectivity index (χ2v) is 9.65. The number of rotatable bonds is 2. The summed E-state index contributed by atoms with van der Waals surface area (Å²) in [5, 5.41) is 0. The molecule has 0 radical (unpaired) electrons. The Morgan fingerprint density at radius 1 is 0.812 bits per heavy atom. The molecule has 2 fully saturated rings. The van der Waals surface area contributed by atoms with E-state index in [9.17, 15) is 0 Å². The summed E-state index contributed by atoms with van der Waals surface area (Å²) in [7, 11) is 0. The first-order valence-corrected chi connectivity index (χ1v) is 9.78. The van der Waals surface area contributed by atoms with Crippen LogP contribution in [0, 0.1) is 0 Å². The number of allylic oxidation sites excluding steroid dienone is 1. The smallest absolute Gasteiger partial charge is 0.0473 e. The summed E-state index contributed by atoms with van der Waals surface area (Å²) in [4.78, 5) is 0. The fraction of sp³-hybridized carbons (Fsp3) is 0.867. The molecule has 0 saturated heterocycles. The van der Waals surface area contributed by atoms with Crippen molar-refractivity contribution < 1.29 is 0 Å². The van der Waals surface area contributed by atoms with Gasteiger partial charge in [0.2, 0.25) is 0 Å². The Hall–Kier alpha value is 0.530. The maximum Gasteiger partial charge on any atom is -0.0473 e. The summed E-state index contributed by atoms with van der Waals surface area (Å²) >= 11 is 0.401. The molecule has 1 heteroatoms. The zero-order chi connectivity index (χ0) is 11.6. The molecular weight excluding hydrogens is 308 g/mol. The molecule has 0 aliphatic heterocycles. The van der Waals surface area contributed by atoms with E-state index in [1.54, 1.807) is 57.4 Å². The molecule has 0 atom stereocenters. The third-order valence-electron chi connectivity index (χ3n) is 3.49. The van der Waals surface area contributed by atoms with Gasteiger partial charge in [-0.2, -0.15) is 0 Å². The Kier molecular flexibility index (Phi) is 8.71. The van der Waals surface area contributed by atoms with Gasteiger partial charge in [0.05, 0.1) is 0 Å². The molecule has 2 rings (SSSR count). The maximum atomic E-state index is 3.36. The second kappa shape index (κ2) is 9.55. The first-order chi connectivity index (χ1) is 7.86. The summed E-state index contributed by atoms with van der Waals surface area (Å²) in [6.07, 6.45) is 17.5. The van der Waals surface area contributed by atoms with Crippen molar-refractivity contribution in [1.29, 1.82) is 0 Å². The Morgan fingerprint density at radius 2 is 1.12 bits per heavy atom. The summed E-state index contributed by atoms with van der Waals surface area (Å²) in [6, 6.07) is 0. The van der Waals surface area contributed by atoms with Gasteiger partial charge in [-0.1, -0.05) is 6.08 Å². The van der Waals surface area contributed by atoms with E-state index in [4.69, 9.17) is 0 Å². The van der Waals surface area contributed by atoms with E-state index in [2.05, 4.69) is 6.58 Å². The van der Waals surface area contributed by atoms with Gasteiger partial charge < -0.3 is 0 Å². The van der Waals surface area contributed by atoms with E-state index in [0.717, 1.165) is 0 Å². The zero-order valence-electron chi connectivity index (χ0n) is 10.9. The first kappa shape index (κ1) is 14.6. The monoisotopic (exact) mass is 338 g/mol. The quantitative estimate of drug-likeness (QED) is 0.469. The van der Waals surface area contributed by atoms with Crippen molar-refractivity contribution in [3.05, 3.63) is 12.7 Å². The summed E-state index contributed by atoms with van der Waals surface area (Å²) in [5.74, 6) is 0. The van der Waals surface area contributed by atoms with Crippen LogP contribution in [0.3, 0.4) is 0 Å². The van der Waals surface area contributed by atoms with Crippen molar-refractivity contribution >= 4 is 20.9 Å². The van der Waals surface area contributed by atoms with E-state index in [1.165, 1.54) is 20.8 Å². The van der Waals surface area contributed by atoms with Gasteiger partial charge in [-0.25, -0.2) is 0 Å². The molecule has 16 heavy (non-hydrogen) atoms. The van der Waals surface area contributed by atoms with E-state index >= 15 is 0 Å². The van der Waals surface area contributed by atoms with Crippen LogP contribution in [0.4, 0.5) is 0 Å². The van der Waals surface area contributed by atoms with Crippen molar-refractivity contribution in [2.45, 2.75) is 79.1 Å². The largest absolute Gasteiger partial charge is 0.103 e. The first-order valence-electron chi connectivity index (χ1n) is 7.09. The molecule has 2 aliphatic rings. The van der Waals surface area contributed by atoms with E-state index in [1.807, 2.05) is 6.92 Å². The van der Waals surface area contributed by atoms with Crippen molar-refractivity contribution in [3.63, 3.8) is 0 Å². The molecule has 0 bridgehead atoms.